The van der Waals surface area contributed by atoms with Crippen LogP contribution in [0.5, 0.6) is 5.75 Å². The Labute approximate surface area is 147 Å². The molecule has 1 heterocycles. The maximum Gasteiger partial charge on any atom is 0.282 e. The Kier molecular flexibility index (Phi) is 6.10. The van der Waals surface area contributed by atoms with E-state index in [1.807, 2.05) is 18.2 Å². The third-order valence-electron chi connectivity index (χ3n) is 4.19. The number of methoxy groups -OCH3 is 1. The van der Waals surface area contributed by atoms with Crippen molar-refractivity contribution in [3.05, 3.63) is 28.2 Å². The van der Waals surface area contributed by atoms with Crippen molar-refractivity contribution in [2.75, 3.05) is 27.2 Å². The molecule has 2 atom stereocenters. The average Bonchev–Trinajstić information content (AvgIpc) is 2.46. The van der Waals surface area contributed by atoms with Gasteiger partial charge in [-0.25, -0.2) is 0 Å². The number of ether oxygens (including phenoxy) is 1. The summed E-state index contributed by atoms with van der Waals surface area (Å²) in [5, 5.41) is 0. The lowest BCUT2D eigenvalue weighted by molar-refractivity contribution is 0.211. The summed E-state index contributed by atoms with van der Waals surface area (Å²) in [6, 6.07) is 5.61. The molecule has 23 heavy (non-hydrogen) atoms. The van der Waals surface area contributed by atoms with E-state index in [9.17, 15) is 8.42 Å². The molecule has 1 aliphatic rings. The van der Waals surface area contributed by atoms with Crippen LogP contribution in [0.15, 0.2) is 22.7 Å². The quantitative estimate of drug-likeness (QED) is 0.757. The minimum atomic E-state index is -3.47. The Morgan fingerprint density at radius 1 is 1.30 bits per heavy atom. The van der Waals surface area contributed by atoms with Crippen LogP contribution in [-0.4, -0.2) is 44.3 Å². The van der Waals surface area contributed by atoms with Gasteiger partial charge in [-0.1, -0.05) is 29.8 Å². The van der Waals surface area contributed by atoms with E-state index < -0.39 is 10.2 Å². The van der Waals surface area contributed by atoms with Crippen molar-refractivity contribution in [3.63, 3.8) is 0 Å². The second-order valence-electron chi connectivity index (χ2n) is 6.48. The Morgan fingerprint density at radius 2 is 1.91 bits per heavy atom. The van der Waals surface area contributed by atoms with E-state index in [1.165, 1.54) is 4.31 Å². The highest BCUT2D eigenvalue weighted by molar-refractivity contribution is 9.10. The summed E-state index contributed by atoms with van der Waals surface area (Å²) in [4.78, 5) is 0. The topological polar surface area (TPSA) is 49.9 Å². The standard InChI is InChI=1S/C16H25BrN2O3S/c1-12-7-13(2)10-19(9-12)23(20,21)18(3)11-14-8-15(17)5-6-16(14)22-4/h5-6,8,12-13H,7,9-11H2,1-4H3/t12-,13-/m1/s1. The summed E-state index contributed by atoms with van der Waals surface area (Å²) in [5.41, 5.74) is 0.839. The van der Waals surface area contributed by atoms with Crippen LogP contribution in [0.3, 0.4) is 0 Å². The highest BCUT2D eigenvalue weighted by atomic mass is 79.9. The van der Waals surface area contributed by atoms with E-state index in [0.29, 0.717) is 30.7 Å². The van der Waals surface area contributed by atoms with E-state index in [-0.39, 0.29) is 6.54 Å². The molecular weight excluding hydrogens is 380 g/mol. The van der Waals surface area contributed by atoms with Crippen molar-refractivity contribution in [2.45, 2.75) is 26.8 Å². The molecule has 1 aliphatic heterocycles. The molecule has 1 aromatic rings. The molecule has 0 aliphatic carbocycles. The number of hydrogen-bond donors (Lipinski definition) is 0. The monoisotopic (exact) mass is 404 g/mol. The van der Waals surface area contributed by atoms with Crippen LogP contribution >= 0.6 is 15.9 Å². The van der Waals surface area contributed by atoms with Gasteiger partial charge in [0.1, 0.15) is 5.75 Å². The summed E-state index contributed by atoms with van der Waals surface area (Å²) >= 11 is 3.42. The molecule has 1 saturated heterocycles. The van der Waals surface area contributed by atoms with Crippen LogP contribution in [0.1, 0.15) is 25.8 Å². The molecule has 7 heteroatoms. The smallest absolute Gasteiger partial charge is 0.282 e. The Bertz CT molecular complexity index is 641. The molecule has 1 fully saturated rings. The van der Waals surface area contributed by atoms with Gasteiger partial charge in [0.25, 0.3) is 10.2 Å². The van der Waals surface area contributed by atoms with Gasteiger partial charge >= 0.3 is 0 Å². The van der Waals surface area contributed by atoms with Crippen molar-refractivity contribution in [1.82, 2.24) is 8.61 Å². The predicted molar refractivity (Wildman–Crippen MR) is 95.6 cm³/mol. The fourth-order valence-corrected chi connectivity index (χ4v) is 5.17. The van der Waals surface area contributed by atoms with E-state index >= 15 is 0 Å². The highest BCUT2D eigenvalue weighted by Gasteiger charge is 2.33. The van der Waals surface area contributed by atoms with Crippen molar-refractivity contribution in [1.29, 1.82) is 0 Å². The van der Waals surface area contributed by atoms with Crippen molar-refractivity contribution in [3.8, 4) is 5.75 Å². The zero-order chi connectivity index (χ0) is 17.2. The second kappa shape index (κ2) is 7.51. The van der Waals surface area contributed by atoms with Gasteiger partial charge in [0.15, 0.2) is 0 Å². The van der Waals surface area contributed by atoms with E-state index in [1.54, 1.807) is 18.5 Å². The van der Waals surface area contributed by atoms with Gasteiger partial charge in [-0.2, -0.15) is 17.0 Å². The van der Waals surface area contributed by atoms with Gasteiger partial charge in [0.2, 0.25) is 0 Å². The lowest BCUT2D eigenvalue weighted by Gasteiger charge is -2.36. The summed E-state index contributed by atoms with van der Waals surface area (Å²) < 4.78 is 35.0. The van der Waals surface area contributed by atoms with Crippen LogP contribution in [0, 0.1) is 11.8 Å². The molecule has 1 aromatic carbocycles. The zero-order valence-corrected chi connectivity index (χ0v) is 16.5. The molecule has 130 valence electrons. The first-order valence-corrected chi connectivity index (χ1v) is 9.96. The van der Waals surface area contributed by atoms with Crippen LogP contribution in [0.2, 0.25) is 0 Å². The molecule has 0 unspecified atom stereocenters. The normalized spacial score (nSPS) is 23.2. The number of hydrogen-bond acceptors (Lipinski definition) is 3. The van der Waals surface area contributed by atoms with Crippen LogP contribution in [0.4, 0.5) is 0 Å². The molecule has 2 rings (SSSR count). The van der Waals surface area contributed by atoms with Crippen molar-refractivity contribution >= 4 is 26.1 Å². The first-order chi connectivity index (χ1) is 10.7. The van der Waals surface area contributed by atoms with Crippen LogP contribution in [0.25, 0.3) is 0 Å². The molecule has 0 radical (unpaired) electrons. The third kappa shape index (κ3) is 4.47. The van der Waals surface area contributed by atoms with Crippen LogP contribution in [-0.2, 0) is 16.8 Å². The van der Waals surface area contributed by atoms with Gasteiger partial charge in [-0.05, 0) is 36.5 Å². The number of halogens is 1. The van der Waals surface area contributed by atoms with Gasteiger partial charge in [0, 0.05) is 36.7 Å². The molecular formula is C16H25BrN2O3S. The second-order valence-corrected chi connectivity index (χ2v) is 9.43. The maximum absolute atomic E-state index is 12.9. The minimum Gasteiger partial charge on any atom is -0.496 e. The van der Waals surface area contributed by atoms with Gasteiger partial charge in [-0.3, -0.25) is 0 Å². The van der Waals surface area contributed by atoms with Crippen molar-refractivity contribution < 1.29 is 13.2 Å². The van der Waals surface area contributed by atoms with E-state index in [0.717, 1.165) is 16.5 Å². The van der Waals surface area contributed by atoms with E-state index in [2.05, 4.69) is 29.8 Å². The number of piperidine rings is 1. The number of nitrogens with zero attached hydrogens (tertiary/aromatic N) is 2. The first-order valence-electron chi connectivity index (χ1n) is 7.78. The largest absolute Gasteiger partial charge is 0.496 e. The molecule has 0 bridgehead atoms. The average molecular weight is 405 g/mol. The molecule has 0 saturated carbocycles. The fraction of sp³-hybridized carbons (Fsp3) is 0.625. The number of rotatable bonds is 5. The number of benzene rings is 1. The first kappa shape index (κ1) is 18.7. The Balaban J connectivity index is 2.19. The summed E-state index contributed by atoms with van der Waals surface area (Å²) in [6.07, 6.45) is 1.08. The Hall–Kier alpha value is -0.630. The molecule has 0 N–H and O–H groups in total. The fourth-order valence-electron chi connectivity index (χ4n) is 3.18. The maximum atomic E-state index is 12.9. The lowest BCUT2D eigenvalue weighted by Crippen LogP contribution is -2.48. The van der Waals surface area contributed by atoms with Gasteiger partial charge < -0.3 is 4.74 Å². The summed E-state index contributed by atoms with van der Waals surface area (Å²) in [6.45, 7) is 5.68. The molecule has 0 aromatic heterocycles. The third-order valence-corrected chi connectivity index (χ3v) is 6.55. The lowest BCUT2D eigenvalue weighted by atomic mass is 9.94. The highest BCUT2D eigenvalue weighted by Crippen LogP contribution is 2.27. The molecule has 0 amide bonds. The molecule has 5 nitrogen and oxygen atoms in total. The van der Waals surface area contributed by atoms with Gasteiger partial charge in [0.05, 0.1) is 7.11 Å². The minimum absolute atomic E-state index is 0.282. The predicted octanol–water partition coefficient (Wildman–Crippen LogP) is 3.11. The van der Waals surface area contributed by atoms with Crippen LogP contribution < -0.4 is 4.74 Å². The SMILES string of the molecule is COc1ccc(Br)cc1CN(C)S(=O)(=O)N1C[C@H](C)C[C@@H](C)C1. The van der Waals surface area contributed by atoms with E-state index in [4.69, 9.17) is 4.74 Å². The van der Waals surface area contributed by atoms with Gasteiger partial charge in [-0.15, -0.1) is 0 Å². The summed E-state index contributed by atoms with van der Waals surface area (Å²) in [7, 11) is -0.251. The molecule has 0 spiro atoms. The summed E-state index contributed by atoms with van der Waals surface area (Å²) in [5.74, 6) is 1.47. The zero-order valence-electron chi connectivity index (χ0n) is 14.1. The Morgan fingerprint density at radius 3 is 2.48 bits per heavy atom. The van der Waals surface area contributed by atoms with Crippen molar-refractivity contribution in [2.24, 2.45) is 11.8 Å².